The number of carbonyl (C=O) groups excluding carboxylic acids is 2. The molecule has 1 unspecified atom stereocenters. The first-order valence-electron chi connectivity index (χ1n) is 10.6. The zero-order valence-electron chi connectivity index (χ0n) is 18.0. The number of halogens is 1. The SMILES string of the molecule is O=C(NC(Cc1cc(=O)[nH]c2ccccc12)C(=O)OCCc1ncccn1)c1ccc(Cl)cc1. The van der Waals surface area contributed by atoms with Crippen LogP contribution in [0, 0.1) is 0 Å². The van der Waals surface area contributed by atoms with Crippen LogP contribution in [0.25, 0.3) is 10.9 Å². The lowest BCUT2D eigenvalue weighted by Gasteiger charge is -2.19. The molecule has 0 saturated carbocycles. The normalized spacial score (nSPS) is 11.7. The largest absolute Gasteiger partial charge is 0.464 e. The smallest absolute Gasteiger partial charge is 0.329 e. The summed E-state index contributed by atoms with van der Waals surface area (Å²) in [5.41, 5.74) is 1.30. The van der Waals surface area contributed by atoms with Crippen LogP contribution in [-0.2, 0) is 22.4 Å². The van der Waals surface area contributed by atoms with Crippen molar-refractivity contribution >= 4 is 34.4 Å². The Morgan fingerprint density at radius 3 is 2.53 bits per heavy atom. The number of fused-ring (bicyclic) bond motifs is 1. The Balaban J connectivity index is 1.55. The molecular weight excluding hydrogens is 456 g/mol. The van der Waals surface area contributed by atoms with Crippen LogP contribution in [0.1, 0.15) is 21.7 Å². The van der Waals surface area contributed by atoms with Crippen LogP contribution in [0.5, 0.6) is 0 Å². The molecule has 0 spiro atoms. The summed E-state index contributed by atoms with van der Waals surface area (Å²) in [4.78, 5) is 49.0. The molecule has 0 aliphatic rings. The average Bonchev–Trinajstić information content (AvgIpc) is 2.84. The zero-order chi connectivity index (χ0) is 23.9. The number of ether oxygens (including phenoxy) is 1. The first kappa shape index (κ1) is 23.1. The number of pyridine rings is 1. The van der Waals surface area contributed by atoms with Crippen LogP contribution in [0.3, 0.4) is 0 Å². The third-order valence-corrected chi connectivity index (χ3v) is 5.40. The van der Waals surface area contributed by atoms with Crippen molar-refractivity contribution in [1.82, 2.24) is 20.3 Å². The Hall–Kier alpha value is -4.04. The minimum atomic E-state index is -1.02. The molecule has 0 aliphatic heterocycles. The van der Waals surface area contributed by atoms with Crippen molar-refractivity contribution < 1.29 is 14.3 Å². The van der Waals surface area contributed by atoms with Gasteiger partial charge in [0.05, 0.1) is 6.61 Å². The molecule has 8 nitrogen and oxygen atoms in total. The number of amides is 1. The molecule has 0 saturated heterocycles. The zero-order valence-corrected chi connectivity index (χ0v) is 18.8. The maximum atomic E-state index is 13.0. The number of rotatable bonds is 8. The number of nitrogens with zero attached hydrogens (tertiary/aromatic N) is 2. The number of hydrogen-bond donors (Lipinski definition) is 2. The van der Waals surface area contributed by atoms with E-state index in [1.807, 2.05) is 18.2 Å². The number of H-pyrrole nitrogens is 1. The standard InChI is InChI=1S/C25H21ClN4O4/c26-18-8-6-16(7-9-18)24(32)30-21(25(33)34-13-10-22-27-11-3-12-28-22)14-17-15-23(31)29-20-5-2-1-4-19(17)20/h1-9,11-12,15,21H,10,13-14H2,(H,29,31)(H,30,32). The third kappa shape index (κ3) is 5.85. The summed E-state index contributed by atoms with van der Waals surface area (Å²) in [5.74, 6) is -0.542. The summed E-state index contributed by atoms with van der Waals surface area (Å²) >= 11 is 5.91. The number of carbonyl (C=O) groups is 2. The molecule has 4 rings (SSSR count). The summed E-state index contributed by atoms with van der Waals surface area (Å²) in [5, 5.41) is 4.00. The number of hydrogen-bond acceptors (Lipinski definition) is 6. The molecule has 2 aromatic carbocycles. The number of aromatic nitrogens is 3. The highest BCUT2D eigenvalue weighted by molar-refractivity contribution is 6.30. The van der Waals surface area contributed by atoms with Crippen LogP contribution in [-0.4, -0.2) is 39.5 Å². The average molecular weight is 477 g/mol. The van der Waals surface area contributed by atoms with Crippen LogP contribution in [0.4, 0.5) is 0 Å². The highest BCUT2D eigenvalue weighted by Gasteiger charge is 2.25. The predicted molar refractivity (Wildman–Crippen MR) is 128 cm³/mol. The van der Waals surface area contributed by atoms with E-state index >= 15 is 0 Å². The van der Waals surface area contributed by atoms with Crippen LogP contribution in [0.15, 0.2) is 77.9 Å². The summed E-state index contributed by atoms with van der Waals surface area (Å²) in [6, 6.07) is 15.7. The highest BCUT2D eigenvalue weighted by Crippen LogP contribution is 2.17. The van der Waals surface area contributed by atoms with E-state index in [1.165, 1.54) is 6.07 Å². The summed E-state index contributed by atoms with van der Waals surface area (Å²) in [6.45, 7) is 0.0479. The van der Waals surface area contributed by atoms with Gasteiger partial charge in [-0.15, -0.1) is 0 Å². The molecule has 1 amide bonds. The van der Waals surface area contributed by atoms with Crippen LogP contribution >= 0.6 is 11.6 Å². The van der Waals surface area contributed by atoms with Gasteiger partial charge in [-0.3, -0.25) is 9.59 Å². The van der Waals surface area contributed by atoms with Gasteiger partial charge in [0.25, 0.3) is 5.91 Å². The van der Waals surface area contributed by atoms with Gasteiger partial charge < -0.3 is 15.0 Å². The number of aromatic amines is 1. The molecule has 2 N–H and O–H groups in total. The molecule has 1 atom stereocenters. The van der Waals surface area contributed by atoms with Gasteiger partial charge in [0.15, 0.2) is 0 Å². The second-order valence-corrected chi connectivity index (χ2v) is 7.96. The molecule has 2 heterocycles. The highest BCUT2D eigenvalue weighted by atomic mass is 35.5. The van der Waals surface area contributed by atoms with E-state index in [-0.39, 0.29) is 18.6 Å². The maximum Gasteiger partial charge on any atom is 0.329 e. The van der Waals surface area contributed by atoms with Gasteiger partial charge in [-0.25, -0.2) is 14.8 Å². The van der Waals surface area contributed by atoms with E-state index in [9.17, 15) is 14.4 Å². The minimum Gasteiger partial charge on any atom is -0.464 e. The first-order chi connectivity index (χ1) is 16.5. The second-order valence-electron chi connectivity index (χ2n) is 7.52. The van der Waals surface area contributed by atoms with Crippen molar-refractivity contribution in [3.63, 3.8) is 0 Å². The predicted octanol–water partition coefficient (Wildman–Crippen LogP) is 3.10. The van der Waals surface area contributed by atoms with E-state index in [0.29, 0.717) is 33.9 Å². The molecule has 4 aromatic rings. The number of esters is 1. The number of para-hydroxylation sites is 1. The molecule has 0 aliphatic carbocycles. The number of benzene rings is 2. The molecule has 34 heavy (non-hydrogen) atoms. The van der Waals surface area contributed by atoms with Crippen molar-refractivity contribution in [3.8, 4) is 0 Å². The minimum absolute atomic E-state index is 0.0479. The van der Waals surface area contributed by atoms with Crippen molar-refractivity contribution in [1.29, 1.82) is 0 Å². The van der Waals surface area contributed by atoms with Gasteiger partial charge in [0, 0.05) is 52.8 Å². The monoisotopic (exact) mass is 476 g/mol. The van der Waals surface area contributed by atoms with Crippen LogP contribution in [0.2, 0.25) is 5.02 Å². The summed E-state index contributed by atoms with van der Waals surface area (Å²) in [6.07, 6.45) is 3.62. The van der Waals surface area contributed by atoms with Crippen LogP contribution < -0.4 is 10.9 Å². The molecular formula is C25H21ClN4O4. The first-order valence-corrected chi connectivity index (χ1v) is 11.0. The second kappa shape index (κ2) is 10.7. The fraction of sp³-hybridized carbons (Fsp3) is 0.160. The topological polar surface area (TPSA) is 114 Å². The fourth-order valence-corrected chi connectivity index (χ4v) is 3.63. The van der Waals surface area contributed by atoms with Gasteiger partial charge in [-0.2, -0.15) is 0 Å². The Morgan fingerprint density at radius 1 is 1.03 bits per heavy atom. The molecule has 0 bridgehead atoms. The Morgan fingerprint density at radius 2 is 1.76 bits per heavy atom. The van der Waals surface area contributed by atoms with Crippen molar-refractivity contribution in [2.24, 2.45) is 0 Å². The summed E-state index contributed by atoms with van der Waals surface area (Å²) in [7, 11) is 0. The van der Waals surface area contributed by atoms with E-state index < -0.39 is 17.9 Å². The van der Waals surface area contributed by atoms with E-state index in [0.717, 1.165) is 5.39 Å². The third-order valence-electron chi connectivity index (χ3n) is 5.15. The Bertz CT molecular complexity index is 1360. The van der Waals surface area contributed by atoms with Gasteiger partial charge >= 0.3 is 5.97 Å². The van der Waals surface area contributed by atoms with E-state index in [4.69, 9.17) is 16.3 Å². The molecule has 172 valence electrons. The number of nitrogens with one attached hydrogen (secondary N) is 2. The van der Waals surface area contributed by atoms with Gasteiger partial charge in [0.1, 0.15) is 11.9 Å². The van der Waals surface area contributed by atoms with Gasteiger partial charge in [-0.1, -0.05) is 29.8 Å². The molecule has 2 aromatic heterocycles. The fourth-order valence-electron chi connectivity index (χ4n) is 3.50. The van der Waals surface area contributed by atoms with E-state index in [2.05, 4.69) is 20.3 Å². The van der Waals surface area contributed by atoms with Gasteiger partial charge in [-0.05, 0) is 42.0 Å². The Kier molecular flexibility index (Phi) is 7.29. The Labute approximate surface area is 200 Å². The van der Waals surface area contributed by atoms with Crippen molar-refractivity contribution in [2.75, 3.05) is 6.61 Å². The van der Waals surface area contributed by atoms with Crippen molar-refractivity contribution in [3.05, 3.63) is 105 Å². The lowest BCUT2D eigenvalue weighted by molar-refractivity contribution is -0.145. The van der Waals surface area contributed by atoms with E-state index in [1.54, 1.807) is 48.8 Å². The lowest BCUT2D eigenvalue weighted by atomic mass is 10.0. The van der Waals surface area contributed by atoms with Crippen molar-refractivity contribution in [2.45, 2.75) is 18.9 Å². The maximum absolute atomic E-state index is 13.0. The quantitative estimate of drug-likeness (QED) is 0.378. The van der Waals surface area contributed by atoms with Gasteiger partial charge in [0.2, 0.25) is 5.56 Å². The molecule has 0 radical (unpaired) electrons. The molecule has 0 fully saturated rings. The summed E-state index contributed by atoms with van der Waals surface area (Å²) < 4.78 is 5.44. The lowest BCUT2D eigenvalue weighted by Crippen LogP contribution is -2.43. The molecule has 9 heteroatoms.